The Morgan fingerprint density at radius 2 is 1.15 bits per heavy atom. The molecule has 0 bridgehead atoms. The second-order valence-electron chi connectivity index (χ2n) is 7.25. The fourth-order valence-electron chi connectivity index (χ4n) is 4.00. The molecule has 3 nitrogen and oxygen atoms in total. The lowest BCUT2D eigenvalue weighted by Crippen LogP contribution is -2.61. The predicted octanol–water partition coefficient (Wildman–Crippen LogP) is 5.14. The van der Waals surface area contributed by atoms with Crippen LogP contribution in [0.25, 0.3) is 0 Å². The van der Waals surface area contributed by atoms with Gasteiger partial charge in [0.15, 0.2) is 0 Å². The van der Waals surface area contributed by atoms with Crippen molar-refractivity contribution < 1.29 is 14.3 Å². The molecule has 0 aliphatic carbocycles. The largest absolute Gasteiger partial charge is 0.508 e. The first kappa shape index (κ1) is 19.3. The Labute approximate surface area is 125 Å². The van der Waals surface area contributed by atoms with Crippen LogP contribution >= 0.6 is 0 Å². The summed E-state index contributed by atoms with van der Waals surface area (Å²) < 4.78 is 10.7. The highest BCUT2D eigenvalue weighted by molar-refractivity contribution is 5.60. The van der Waals surface area contributed by atoms with Gasteiger partial charge in [0.05, 0.1) is 7.11 Å². The second kappa shape index (κ2) is 6.82. The second-order valence-corrected chi connectivity index (χ2v) is 7.25. The lowest BCUT2D eigenvalue weighted by Gasteiger charge is -2.57. The van der Waals surface area contributed by atoms with Gasteiger partial charge in [-0.15, -0.1) is 0 Å². The fraction of sp³-hybridized carbons (Fsp3) is 0.941. The molecule has 0 saturated heterocycles. The normalized spacial score (nSPS) is 13.5. The molecular weight excluding hydrogens is 252 g/mol. The van der Waals surface area contributed by atoms with E-state index in [0.717, 1.165) is 0 Å². The number of carbonyl (C=O) groups excluding carboxylic acids is 1. The van der Waals surface area contributed by atoms with Gasteiger partial charge in [-0.05, 0) is 23.7 Å². The molecule has 0 heterocycles. The minimum absolute atomic E-state index is 0.135. The van der Waals surface area contributed by atoms with Crippen molar-refractivity contribution in [3.05, 3.63) is 0 Å². The molecule has 0 unspecified atom stereocenters. The molecule has 0 aromatic heterocycles. The van der Waals surface area contributed by atoms with Crippen molar-refractivity contribution in [2.75, 3.05) is 7.11 Å². The Kier molecular flexibility index (Phi) is 6.57. The van der Waals surface area contributed by atoms with E-state index in [1.807, 2.05) is 0 Å². The highest BCUT2D eigenvalue weighted by Gasteiger charge is 2.58. The van der Waals surface area contributed by atoms with Gasteiger partial charge in [0.1, 0.15) is 5.60 Å². The Morgan fingerprint density at radius 1 is 0.800 bits per heavy atom. The Hall–Kier alpha value is -0.730. The number of ether oxygens (including phenoxy) is 2. The maximum atomic E-state index is 11.9. The van der Waals surface area contributed by atoms with Gasteiger partial charge >= 0.3 is 6.16 Å². The molecule has 0 saturated carbocycles. The van der Waals surface area contributed by atoms with Crippen molar-refractivity contribution in [3.63, 3.8) is 0 Å². The average Bonchev–Trinajstić information content (AvgIpc) is 2.32. The van der Waals surface area contributed by atoms with Crippen LogP contribution in [0.15, 0.2) is 0 Å². The molecule has 20 heavy (non-hydrogen) atoms. The zero-order valence-corrected chi connectivity index (χ0v) is 15.0. The maximum absolute atomic E-state index is 11.9. The summed E-state index contributed by atoms with van der Waals surface area (Å²) in [5.41, 5.74) is -0.689. The molecule has 3 heteroatoms. The number of methoxy groups -OCH3 is 1. The Balaban J connectivity index is 6.13. The summed E-state index contributed by atoms with van der Waals surface area (Å²) >= 11 is 0. The molecule has 0 aromatic carbocycles. The molecule has 120 valence electrons. The third kappa shape index (κ3) is 2.96. The fourth-order valence-corrected chi connectivity index (χ4v) is 4.00. The molecular formula is C17H34O3. The zero-order valence-electron chi connectivity index (χ0n) is 15.0. The van der Waals surface area contributed by atoms with Crippen LogP contribution in [-0.4, -0.2) is 18.9 Å². The first-order valence-electron chi connectivity index (χ1n) is 7.75. The highest BCUT2D eigenvalue weighted by atomic mass is 16.7. The van der Waals surface area contributed by atoms with Gasteiger partial charge in [0, 0.05) is 5.41 Å². The van der Waals surface area contributed by atoms with E-state index in [1.54, 1.807) is 0 Å². The highest BCUT2D eigenvalue weighted by Crippen LogP contribution is 2.54. The molecule has 0 aromatic rings. The quantitative estimate of drug-likeness (QED) is 0.634. The van der Waals surface area contributed by atoms with Crippen LogP contribution in [-0.2, 0) is 9.47 Å². The SMILES string of the molecule is COC(=O)OC(C(C)C)(C(C)C)C(C)(C(C)C)C(C)C. The minimum Gasteiger partial charge on any atom is -0.438 e. The van der Waals surface area contributed by atoms with E-state index in [0.29, 0.717) is 11.8 Å². The molecule has 0 amide bonds. The van der Waals surface area contributed by atoms with E-state index in [-0.39, 0.29) is 17.3 Å². The molecule has 0 aliphatic heterocycles. The van der Waals surface area contributed by atoms with Gasteiger partial charge < -0.3 is 9.47 Å². The molecule has 0 rings (SSSR count). The third-order valence-electron chi connectivity index (χ3n) is 5.37. The number of hydrogen-bond acceptors (Lipinski definition) is 3. The van der Waals surface area contributed by atoms with E-state index in [9.17, 15) is 4.79 Å². The summed E-state index contributed by atoms with van der Waals surface area (Å²) in [6, 6.07) is 0. The van der Waals surface area contributed by atoms with Crippen LogP contribution in [0, 0.1) is 29.1 Å². The van der Waals surface area contributed by atoms with Crippen LogP contribution in [0.3, 0.4) is 0 Å². The Morgan fingerprint density at radius 3 is 1.35 bits per heavy atom. The molecule has 0 radical (unpaired) electrons. The maximum Gasteiger partial charge on any atom is 0.508 e. The van der Waals surface area contributed by atoms with Crippen molar-refractivity contribution in [3.8, 4) is 0 Å². The van der Waals surface area contributed by atoms with Gasteiger partial charge in [0.25, 0.3) is 0 Å². The lowest BCUT2D eigenvalue weighted by molar-refractivity contribution is -0.192. The smallest absolute Gasteiger partial charge is 0.438 e. The van der Waals surface area contributed by atoms with E-state index in [2.05, 4.69) is 62.3 Å². The van der Waals surface area contributed by atoms with Crippen LogP contribution in [0.2, 0.25) is 0 Å². The standard InChI is InChI=1S/C17H34O3/c1-11(2)16(9,12(3)4)17(13(5)6,14(7)8)20-15(18)19-10/h11-14H,1-10H3. The first-order chi connectivity index (χ1) is 8.98. The molecule has 0 N–H and O–H groups in total. The van der Waals surface area contributed by atoms with Crippen molar-refractivity contribution >= 4 is 6.16 Å². The molecule has 0 atom stereocenters. The average molecular weight is 286 g/mol. The van der Waals surface area contributed by atoms with Crippen LogP contribution in [0.1, 0.15) is 62.3 Å². The van der Waals surface area contributed by atoms with Crippen molar-refractivity contribution in [2.45, 2.75) is 67.9 Å². The molecule has 0 aliphatic rings. The van der Waals surface area contributed by atoms with Crippen LogP contribution in [0.5, 0.6) is 0 Å². The summed E-state index contributed by atoms with van der Waals surface area (Å²) in [5.74, 6) is 1.18. The van der Waals surface area contributed by atoms with Crippen LogP contribution < -0.4 is 0 Å². The summed E-state index contributed by atoms with van der Waals surface area (Å²) in [6.07, 6.45) is -0.583. The summed E-state index contributed by atoms with van der Waals surface area (Å²) in [7, 11) is 1.37. The van der Waals surface area contributed by atoms with Gasteiger partial charge in [-0.3, -0.25) is 0 Å². The van der Waals surface area contributed by atoms with Gasteiger partial charge in [0.2, 0.25) is 0 Å². The molecule has 0 spiro atoms. The topological polar surface area (TPSA) is 35.5 Å². The third-order valence-corrected chi connectivity index (χ3v) is 5.37. The van der Waals surface area contributed by atoms with Crippen molar-refractivity contribution in [1.82, 2.24) is 0 Å². The predicted molar refractivity (Wildman–Crippen MR) is 83.7 cm³/mol. The lowest BCUT2D eigenvalue weighted by atomic mass is 9.53. The first-order valence-corrected chi connectivity index (χ1v) is 7.75. The van der Waals surface area contributed by atoms with E-state index < -0.39 is 11.8 Å². The van der Waals surface area contributed by atoms with Gasteiger partial charge in [-0.2, -0.15) is 0 Å². The number of hydrogen-bond donors (Lipinski definition) is 0. The summed E-state index contributed by atoms with van der Waals surface area (Å²) in [5, 5.41) is 0. The number of carbonyl (C=O) groups is 1. The van der Waals surface area contributed by atoms with Crippen molar-refractivity contribution in [2.24, 2.45) is 29.1 Å². The summed E-state index contributed by atoms with van der Waals surface area (Å²) in [4.78, 5) is 11.9. The van der Waals surface area contributed by atoms with E-state index >= 15 is 0 Å². The van der Waals surface area contributed by atoms with Gasteiger partial charge in [-0.25, -0.2) is 4.79 Å². The Bertz CT molecular complexity index is 300. The van der Waals surface area contributed by atoms with Crippen molar-refractivity contribution in [1.29, 1.82) is 0 Å². The van der Waals surface area contributed by atoms with Crippen LogP contribution in [0.4, 0.5) is 4.79 Å². The van der Waals surface area contributed by atoms with Gasteiger partial charge in [-0.1, -0.05) is 62.3 Å². The summed E-state index contributed by atoms with van der Waals surface area (Å²) in [6.45, 7) is 19.6. The monoisotopic (exact) mass is 286 g/mol. The van der Waals surface area contributed by atoms with E-state index in [1.165, 1.54) is 7.11 Å². The minimum atomic E-state index is -0.583. The zero-order chi connectivity index (χ0) is 16.3. The number of rotatable bonds is 6. The van der Waals surface area contributed by atoms with E-state index in [4.69, 9.17) is 9.47 Å². The molecule has 0 fully saturated rings.